The Hall–Kier alpha value is -2.35. The van der Waals surface area contributed by atoms with Gasteiger partial charge in [0.25, 0.3) is 0 Å². The molecule has 22 heavy (non-hydrogen) atoms. The molecule has 1 N–H and O–H groups in total. The summed E-state index contributed by atoms with van der Waals surface area (Å²) in [7, 11) is 0. The van der Waals surface area contributed by atoms with Crippen molar-refractivity contribution in [2.75, 3.05) is 0 Å². The molecule has 0 spiro atoms. The van der Waals surface area contributed by atoms with Crippen LogP contribution in [0.1, 0.15) is 24.5 Å². The number of hydrogen-bond acceptors (Lipinski definition) is 1. The Labute approximate surface area is 131 Å². The molecule has 3 rings (SSSR count). The van der Waals surface area contributed by atoms with E-state index < -0.39 is 0 Å². The zero-order valence-corrected chi connectivity index (χ0v) is 12.9. The molecule has 112 valence electrons. The summed E-state index contributed by atoms with van der Waals surface area (Å²) in [5.74, 6) is 0.688. The van der Waals surface area contributed by atoms with Gasteiger partial charge in [-0.15, -0.1) is 0 Å². The van der Waals surface area contributed by atoms with Crippen molar-refractivity contribution in [1.29, 1.82) is 0 Å². The average Bonchev–Trinajstić information content (AvgIpc) is 2.91. The van der Waals surface area contributed by atoms with Crippen LogP contribution in [0.4, 0.5) is 0 Å². The van der Waals surface area contributed by atoms with Gasteiger partial charge in [0, 0.05) is 29.9 Å². The maximum absolute atomic E-state index is 12.3. The van der Waals surface area contributed by atoms with Crippen molar-refractivity contribution in [3.8, 4) is 0 Å². The van der Waals surface area contributed by atoms with Crippen LogP contribution in [0, 0.1) is 5.92 Å². The van der Waals surface area contributed by atoms with E-state index in [0.29, 0.717) is 24.5 Å². The maximum atomic E-state index is 12.3. The number of para-hydroxylation sites is 1. The van der Waals surface area contributed by atoms with E-state index in [9.17, 15) is 4.79 Å². The number of benzene rings is 2. The number of rotatable bonds is 6. The summed E-state index contributed by atoms with van der Waals surface area (Å²) in [4.78, 5) is 15.6. The van der Waals surface area contributed by atoms with Crippen LogP contribution in [0.2, 0.25) is 0 Å². The topological polar surface area (TPSA) is 32.9 Å². The number of aromatic nitrogens is 1. The normalized spacial score (nSPS) is 12.4. The highest BCUT2D eigenvalue weighted by Crippen LogP contribution is 2.20. The molecule has 0 amide bonds. The monoisotopic (exact) mass is 291 g/mol. The van der Waals surface area contributed by atoms with Crippen LogP contribution in [-0.2, 0) is 17.6 Å². The summed E-state index contributed by atoms with van der Waals surface area (Å²) in [5, 5.41) is 1.16. The van der Waals surface area contributed by atoms with E-state index in [0.717, 1.165) is 22.9 Å². The number of Topliss-reactive ketones (excluding diaryl/α,β-unsaturated/α-hetero) is 1. The first-order valence-electron chi connectivity index (χ1n) is 7.83. The van der Waals surface area contributed by atoms with Crippen LogP contribution in [0.15, 0.2) is 60.8 Å². The van der Waals surface area contributed by atoms with Gasteiger partial charge < -0.3 is 4.98 Å². The fraction of sp³-hybridized carbons (Fsp3) is 0.250. The van der Waals surface area contributed by atoms with E-state index in [4.69, 9.17) is 0 Å². The molecule has 2 nitrogen and oxygen atoms in total. The molecule has 0 aliphatic heterocycles. The Morgan fingerprint density at radius 2 is 1.77 bits per heavy atom. The molecule has 1 heterocycles. The highest BCUT2D eigenvalue weighted by atomic mass is 16.1. The van der Waals surface area contributed by atoms with Gasteiger partial charge in [0.1, 0.15) is 5.78 Å². The smallest absolute Gasteiger partial charge is 0.137 e. The number of carbonyl (C=O) groups is 1. The Bertz CT molecular complexity index is 757. The summed E-state index contributed by atoms with van der Waals surface area (Å²) in [6.45, 7) is 2.15. The Kier molecular flexibility index (Phi) is 4.38. The predicted octanol–water partition coefficient (Wildman–Crippen LogP) is 4.55. The summed E-state index contributed by atoms with van der Waals surface area (Å²) in [6, 6.07) is 18.5. The van der Waals surface area contributed by atoms with Crippen LogP contribution < -0.4 is 0 Å². The van der Waals surface area contributed by atoms with Gasteiger partial charge in [-0.1, -0.05) is 55.5 Å². The summed E-state index contributed by atoms with van der Waals surface area (Å²) >= 11 is 0. The number of aromatic amines is 1. The van der Waals surface area contributed by atoms with E-state index in [-0.39, 0.29) is 0 Å². The molecule has 0 bridgehead atoms. The molecule has 0 saturated heterocycles. The fourth-order valence-corrected chi connectivity index (χ4v) is 3.04. The van der Waals surface area contributed by atoms with Crippen molar-refractivity contribution in [1.82, 2.24) is 4.98 Å². The number of hydrogen-bond donors (Lipinski definition) is 1. The van der Waals surface area contributed by atoms with Crippen molar-refractivity contribution in [2.24, 2.45) is 5.92 Å². The van der Waals surface area contributed by atoms with E-state index in [2.05, 4.69) is 42.2 Å². The number of ketones is 1. The lowest BCUT2D eigenvalue weighted by Crippen LogP contribution is -2.10. The SMILES string of the molecule is CC(CC(=O)Cc1c[nH]c2ccccc12)Cc1ccccc1. The minimum absolute atomic E-state index is 0.313. The van der Waals surface area contributed by atoms with Crippen molar-refractivity contribution < 1.29 is 4.79 Å². The number of carbonyl (C=O) groups excluding carboxylic acids is 1. The Balaban J connectivity index is 1.60. The molecule has 1 unspecified atom stereocenters. The molecule has 2 aromatic carbocycles. The Morgan fingerprint density at radius 3 is 2.59 bits per heavy atom. The molecule has 0 saturated carbocycles. The molecule has 1 aromatic heterocycles. The van der Waals surface area contributed by atoms with E-state index in [1.54, 1.807) is 0 Å². The second-order valence-corrected chi connectivity index (χ2v) is 6.07. The number of nitrogens with one attached hydrogen (secondary N) is 1. The summed E-state index contributed by atoms with van der Waals surface area (Å²) < 4.78 is 0. The molecule has 2 heteroatoms. The van der Waals surface area contributed by atoms with Crippen molar-refractivity contribution in [3.05, 3.63) is 71.9 Å². The lowest BCUT2D eigenvalue weighted by Gasteiger charge is -2.10. The van der Waals surface area contributed by atoms with Gasteiger partial charge in [-0.25, -0.2) is 0 Å². The maximum Gasteiger partial charge on any atom is 0.137 e. The van der Waals surface area contributed by atoms with E-state index >= 15 is 0 Å². The van der Waals surface area contributed by atoms with Gasteiger partial charge in [0.2, 0.25) is 0 Å². The highest BCUT2D eigenvalue weighted by Gasteiger charge is 2.13. The third kappa shape index (κ3) is 3.45. The summed E-state index contributed by atoms with van der Waals surface area (Å²) in [6.07, 6.45) is 4.07. The average molecular weight is 291 g/mol. The largest absolute Gasteiger partial charge is 0.361 e. The van der Waals surface area contributed by atoms with Gasteiger partial charge >= 0.3 is 0 Å². The van der Waals surface area contributed by atoms with Crippen LogP contribution in [0.5, 0.6) is 0 Å². The number of fused-ring (bicyclic) bond motifs is 1. The van der Waals surface area contributed by atoms with Crippen LogP contribution >= 0.6 is 0 Å². The lowest BCUT2D eigenvalue weighted by molar-refractivity contribution is -0.119. The third-order valence-electron chi connectivity index (χ3n) is 4.07. The molecular weight excluding hydrogens is 270 g/mol. The molecule has 3 aromatic rings. The first kappa shape index (κ1) is 14.6. The second-order valence-electron chi connectivity index (χ2n) is 6.07. The van der Waals surface area contributed by atoms with Crippen molar-refractivity contribution >= 4 is 16.7 Å². The highest BCUT2D eigenvalue weighted by molar-refractivity contribution is 5.89. The van der Waals surface area contributed by atoms with Gasteiger partial charge in [-0.2, -0.15) is 0 Å². The molecule has 0 fully saturated rings. The minimum atomic E-state index is 0.313. The quantitative estimate of drug-likeness (QED) is 0.710. The molecule has 0 aliphatic rings. The second kappa shape index (κ2) is 6.61. The van der Waals surface area contributed by atoms with Gasteiger partial charge in [0.05, 0.1) is 0 Å². The standard InChI is InChI=1S/C20H21NO/c1-15(11-16-7-3-2-4-8-16)12-18(22)13-17-14-21-20-10-6-5-9-19(17)20/h2-10,14-15,21H,11-13H2,1H3. The third-order valence-corrected chi connectivity index (χ3v) is 4.07. The zero-order chi connectivity index (χ0) is 15.4. The molecule has 0 radical (unpaired) electrons. The zero-order valence-electron chi connectivity index (χ0n) is 12.9. The van der Waals surface area contributed by atoms with Crippen LogP contribution in [0.25, 0.3) is 10.9 Å². The first-order valence-corrected chi connectivity index (χ1v) is 7.83. The fourth-order valence-electron chi connectivity index (χ4n) is 3.04. The van der Waals surface area contributed by atoms with Crippen LogP contribution in [-0.4, -0.2) is 10.8 Å². The molecular formula is C20H21NO. The predicted molar refractivity (Wildman–Crippen MR) is 90.9 cm³/mol. The van der Waals surface area contributed by atoms with Crippen LogP contribution in [0.3, 0.4) is 0 Å². The van der Waals surface area contributed by atoms with Crippen molar-refractivity contribution in [2.45, 2.75) is 26.2 Å². The Morgan fingerprint density at radius 1 is 1.05 bits per heavy atom. The van der Waals surface area contributed by atoms with Gasteiger partial charge in [-0.05, 0) is 29.5 Å². The van der Waals surface area contributed by atoms with E-state index in [1.807, 2.05) is 30.5 Å². The molecule has 0 aliphatic carbocycles. The van der Waals surface area contributed by atoms with Gasteiger partial charge in [0.15, 0.2) is 0 Å². The van der Waals surface area contributed by atoms with E-state index in [1.165, 1.54) is 5.56 Å². The van der Waals surface area contributed by atoms with Crippen molar-refractivity contribution in [3.63, 3.8) is 0 Å². The number of H-pyrrole nitrogens is 1. The van der Waals surface area contributed by atoms with Gasteiger partial charge in [-0.3, -0.25) is 4.79 Å². The summed E-state index contributed by atoms with van der Waals surface area (Å²) in [5.41, 5.74) is 3.50. The lowest BCUT2D eigenvalue weighted by atomic mass is 9.94. The minimum Gasteiger partial charge on any atom is -0.361 e. The first-order chi connectivity index (χ1) is 10.7. The molecule has 1 atom stereocenters.